The monoisotopic (exact) mass is 298 g/mol. The van der Waals surface area contributed by atoms with Crippen LogP contribution in [0.3, 0.4) is 0 Å². The fraction of sp³-hybridized carbons (Fsp3) is 0.312. The van der Waals surface area contributed by atoms with Gasteiger partial charge in [-0.1, -0.05) is 12.1 Å². The minimum atomic E-state index is -0.995. The molecule has 22 heavy (non-hydrogen) atoms. The van der Waals surface area contributed by atoms with Crippen LogP contribution in [0, 0.1) is 34.4 Å². The average molecular weight is 298 g/mol. The maximum absolute atomic E-state index is 12.9. The van der Waals surface area contributed by atoms with Crippen LogP contribution in [0.2, 0.25) is 0 Å². The van der Waals surface area contributed by atoms with Gasteiger partial charge in [0.15, 0.2) is 0 Å². The highest BCUT2D eigenvalue weighted by Gasteiger charge is 2.18. The summed E-state index contributed by atoms with van der Waals surface area (Å²) in [6.07, 6.45) is 3.01. The van der Waals surface area contributed by atoms with Gasteiger partial charge in [-0.05, 0) is 24.1 Å². The SMILES string of the molecule is N#CCC[C@H](C#N)Cn1ccnc1[C@H](O)c1ccc(F)cc1. The Morgan fingerprint density at radius 1 is 1.27 bits per heavy atom. The van der Waals surface area contributed by atoms with Crippen LogP contribution in [-0.2, 0) is 6.54 Å². The first-order valence-corrected chi connectivity index (χ1v) is 6.87. The summed E-state index contributed by atoms with van der Waals surface area (Å²) in [6.45, 7) is 0.353. The second kappa shape index (κ2) is 7.35. The zero-order chi connectivity index (χ0) is 15.9. The van der Waals surface area contributed by atoms with Gasteiger partial charge in [0.25, 0.3) is 0 Å². The molecule has 1 aromatic carbocycles. The highest BCUT2D eigenvalue weighted by molar-refractivity contribution is 5.23. The standard InChI is InChI=1S/C16H15FN4O/c17-14-5-3-13(4-6-14)15(22)16-20-8-9-21(16)11-12(10-19)2-1-7-18/h3-6,8-9,12,15,22H,1-2,11H2/t12-,15-/m1/s1. The molecule has 0 aliphatic heterocycles. The summed E-state index contributed by atoms with van der Waals surface area (Å²) < 4.78 is 14.6. The van der Waals surface area contributed by atoms with E-state index in [-0.39, 0.29) is 11.7 Å². The number of aromatic nitrogens is 2. The molecule has 6 heteroatoms. The van der Waals surface area contributed by atoms with Crippen LogP contribution in [0.15, 0.2) is 36.7 Å². The molecule has 5 nitrogen and oxygen atoms in total. The lowest BCUT2D eigenvalue weighted by Gasteiger charge is -2.15. The fourth-order valence-electron chi connectivity index (χ4n) is 2.19. The van der Waals surface area contributed by atoms with Crippen LogP contribution < -0.4 is 0 Å². The first kappa shape index (κ1) is 15.7. The van der Waals surface area contributed by atoms with Crippen molar-refractivity contribution in [1.29, 1.82) is 10.5 Å². The van der Waals surface area contributed by atoms with E-state index in [2.05, 4.69) is 11.1 Å². The Morgan fingerprint density at radius 3 is 2.64 bits per heavy atom. The van der Waals surface area contributed by atoms with Gasteiger partial charge in [-0.2, -0.15) is 10.5 Å². The number of aliphatic hydroxyl groups is 1. The number of hydrogen-bond acceptors (Lipinski definition) is 4. The van der Waals surface area contributed by atoms with Crippen molar-refractivity contribution in [2.75, 3.05) is 0 Å². The van der Waals surface area contributed by atoms with Crippen molar-refractivity contribution >= 4 is 0 Å². The molecule has 2 rings (SSSR count). The average Bonchev–Trinajstić information content (AvgIpc) is 2.99. The van der Waals surface area contributed by atoms with Crippen molar-refractivity contribution in [2.24, 2.45) is 5.92 Å². The van der Waals surface area contributed by atoms with E-state index >= 15 is 0 Å². The van der Waals surface area contributed by atoms with Gasteiger partial charge >= 0.3 is 0 Å². The lowest BCUT2D eigenvalue weighted by atomic mass is 10.0. The molecule has 0 amide bonds. The van der Waals surface area contributed by atoms with Crippen molar-refractivity contribution in [3.8, 4) is 12.1 Å². The quantitative estimate of drug-likeness (QED) is 0.888. The molecular formula is C16H15FN4O. The Bertz CT molecular complexity index is 696. The van der Waals surface area contributed by atoms with Crippen molar-refractivity contribution in [3.63, 3.8) is 0 Å². The van der Waals surface area contributed by atoms with E-state index in [9.17, 15) is 9.50 Å². The summed E-state index contributed by atoms with van der Waals surface area (Å²) in [5.74, 6) is -0.308. The maximum Gasteiger partial charge on any atom is 0.142 e. The molecule has 0 radical (unpaired) electrons. The molecule has 0 saturated carbocycles. The summed E-state index contributed by atoms with van der Waals surface area (Å²) in [6, 6.07) is 9.72. The second-order valence-electron chi connectivity index (χ2n) is 4.91. The molecule has 0 aliphatic carbocycles. The number of benzene rings is 1. The number of nitrogens with zero attached hydrogens (tertiary/aromatic N) is 4. The van der Waals surface area contributed by atoms with E-state index in [0.29, 0.717) is 30.8 Å². The zero-order valence-electron chi connectivity index (χ0n) is 11.9. The van der Waals surface area contributed by atoms with Crippen molar-refractivity contribution < 1.29 is 9.50 Å². The molecule has 0 unspecified atom stereocenters. The molecule has 0 fully saturated rings. The first-order chi connectivity index (χ1) is 10.7. The normalized spacial score (nSPS) is 13.1. The molecule has 1 N–H and O–H groups in total. The molecule has 2 aromatic rings. The van der Waals surface area contributed by atoms with Gasteiger partial charge in [0, 0.05) is 25.4 Å². The van der Waals surface area contributed by atoms with Gasteiger partial charge in [0.1, 0.15) is 17.7 Å². The molecule has 0 bridgehead atoms. The van der Waals surface area contributed by atoms with E-state index in [4.69, 9.17) is 10.5 Å². The minimum absolute atomic E-state index is 0.308. The zero-order valence-corrected chi connectivity index (χ0v) is 11.9. The van der Waals surface area contributed by atoms with Crippen LogP contribution in [0.5, 0.6) is 0 Å². The van der Waals surface area contributed by atoms with Gasteiger partial charge in [0.2, 0.25) is 0 Å². The van der Waals surface area contributed by atoms with E-state index in [1.54, 1.807) is 17.0 Å². The van der Waals surface area contributed by atoms with Crippen LogP contribution in [0.4, 0.5) is 4.39 Å². The summed E-state index contributed by atoms with van der Waals surface area (Å²) in [7, 11) is 0. The lowest BCUT2D eigenvalue weighted by Crippen LogP contribution is -2.14. The first-order valence-electron chi connectivity index (χ1n) is 6.87. The Kier molecular flexibility index (Phi) is 5.24. The Hall–Kier alpha value is -2.70. The molecular weight excluding hydrogens is 283 g/mol. The number of aliphatic hydroxyl groups excluding tert-OH is 1. The van der Waals surface area contributed by atoms with Crippen molar-refractivity contribution in [2.45, 2.75) is 25.5 Å². The van der Waals surface area contributed by atoms with E-state index in [1.807, 2.05) is 6.07 Å². The third-order valence-corrected chi connectivity index (χ3v) is 3.38. The maximum atomic E-state index is 12.9. The molecule has 2 atom stereocenters. The highest BCUT2D eigenvalue weighted by Crippen LogP contribution is 2.22. The molecule has 0 saturated heterocycles. The summed E-state index contributed by atoms with van der Waals surface area (Å²) >= 11 is 0. The second-order valence-corrected chi connectivity index (χ2v) is 4.91. The van der Waals surface area contributed by atoms with E-state index in [0.717, 1.165) is 0 Å². The van der Waals surface area contributed by atoms with E-state index in [1.165, 1.54) is 24.3 Å². The largest absolute Gasteiger partial charge is 0.380 e. The fourth-order valence-corrected chi connectivity index (χ4v) is 2.19. The van der Waals surface area contributed by atoms with Crippen LogP contribution in [0.1, 0.15) is 30.3 Å². The van der Waals surface area contributed by atoms with Crippen LogP contribution in [-0.4, -0.2) is 14.7 Å². The molecule has 112 valence electrons. The van der Waals surface area contributed by atoms with Gasteiger partial charge in [-0.15, -0.1) is 0 Å². The van der Waals surface area contributed by atoms with Crippen LogP contribution in [0.25, 0.3) is 0 Å². The molecule has 1 aromatic heterocycles. The Labute approximate surface area is 127 Å². The van der Waals surface area contributed by atoms with E-state index < -0.39 is 6.10 Å². The summed E-state index contributed by atoms with van der Waals surface area (Å²) in [4.78, 5) is 4.13. The van der Waals surface area contributed by atoms with Crippen LogP contribution >= 0.6 is 0 Å². The Balaban J connectivity index is 2.16. The third kappa shape index (κ3) is 3.69. The highest BCUT2D eigenvalue weighted by atomic mass is 19.1. The lowest BCUT2D eigenvalue weighted by molar-refractivity contribution is 0.203. The number of rotatable bonds is 6. The predicted molar refractivity (Wildman–Crippen MR) is 76.6 cm³/mol. The minimum Gasteiger partial charge on any atom is -0.380 e. The third-order valence-electron chi connectivity index (χ3n) is 3.38. The number of halogens is 1. The smallest absolute Gasteiger partial charge is 0.142 e. The number of nitriles is 2. The molecule has 0 spiro atoms. The van der Waals surface area contributed by atoms with Gasteiger partial charge < -0.3 is 9.67 Å². The van der Waals surface area contributed by atoms with Gasteiger partial charge in [-0.3, -0.25) is 0 Å². The topological polar surface area (TPSA) is 85.6 Å². The summed E-state index contributed by atoms with van der Waals surface area (Å²) in [5.41, 5.74) is 0.527. The van der Waals surface area contributed by atoms with Crippen molar-refractivity contribution in [1.82, 2.24) is 9.55 Å². The predicted octanol–water partition coefficient (Wildman–Crippen LogP) is 2.55. The summed E-state index contributed by atoms with van der Waals surface area (Å²) in [5, 5.41) is 28.1. The Morgan fingerprint density at radius 2 is 2.00 bits per heavy atom. The van der Waals surface area contributed by atoms with Gasteiger partial charge in [-0.25, -0.2) is 9.37 Å². The van der Waals surface area contributed by atoms with Crippen molar-refractivity contribution in [3.05, 3.63) is 53.9 Å². The molecule has 1 heterocycles. The number of imidazole rings is 1. The molecule has 0 aliphatic rings. The van der Waals surface area contributed by atoms with Gasteiger partial charge in [0.05, 0.1) is 18.1 Å². The number of hydrogen-bond donors (Lipinski definition) is 1.